The van der Waals surface area contributed by atoms with Crippen molar-refractivity contribution in [2.45, 2.75) is 12.3 Å². The number of fused-ring (bicyclic) bond motifs is 1. The maximum absolute atomic E-state index is 13.0. The van der Waals surface area contributed by atoms with Crippen LogP contribution in [0.4, 0.5) is 5.69 Å². The van der Waals surface area contributed by atoms with Gasteiger partial charge >= 0.3 is 0 Å². The van der Waals surface area contributed by atoms with Crippen LogP contribution in [0.25, 0.3) is 0 Å². The number of nitrogens with one attached hydrogen (secondary N) is 1. The van der Waals surface area contributed by atoms with Gasteiger partial charge in [0.25, 0.3) is 0 Å². The number of methoxy groups -OCH3 is 1. The number of ether oxygens (including phenoxy) is 1. The molecule has 0 aliphatic carbocycles. The van der Waals surface area contributed by atoms with Gasteiger partial charge in [-0.3, -0.25) is 9.59 Å². The Labute approximate surface area is 146 Å². The van der Waals surface area contributed by atoms with Crippen LogP contribution in [0.1, 0.15) is 17.9 Å². The molecular weight excluding hydrogens is 346 g/mol. The van der Waals surface area contributed by atoms with E-state index in [-0.39, 0.29) is 31.3 Å². The van der Waals surface area contributed by atoms with Crippen molar-refractivity contribution < 1.29 is 22.7 Å². The van der Waals surface area contributed by atoms with Crippen molar-refractivity contribution in [1.82, 2.24) is 9.21 Å². The number of carbonyl (C=O) groups is 2. The molecule has 0 saturated carbocycles. The number of anilines is 1. The SMILES string of the molecule is COc1ccc2c(c1)[C@@H](C(=O)N1CCN(S(C)(=O)=O)CC1)CC(=O)N2. The lowest BCUT2D eigenvalue weighted by atomic mass is 9.89. The first kappa shape index (κ1) is 17.7. The van der Waals surface area contributed by atoms with Crippen LogP contribution in [0.2, 0.25) is 0 Å². The molecule has 2 heterocycles. The van der Waals surface area contributed by atoms with E-state index in [0.29, 0.717) is 24.5 Å². The summed E-state index contributed by atoms with van der Waals surface area (Å²) in [6.07, 6.45) is 1.24. The van der Waals surface area contributed by atoms with Crippen LogP contribution in [0.3, 0.4) is 0 Å². The maximum Gasteiger partial charge on any atom is 0.230 e. The molecule has 9 heteroatoms. The third-order valence-electron chi connectivity index (χ3n) is 4.62. The molecular formula is C16H21N3O5S. The second kappa shape index (κ2) is 6.64. The molecule has 0 aromatic heterocycles. The fraction of sp³-hybridized carbons (Fsp3) is 0.500. The van der Waals surface area contributed by atoms with E-state index in [1.54, 1.807) is 30.2 Å². The summed E-state index contributed by atoms with van der Waals surface area (Å²) in [6, 6.07) is 5.23. The van der Waals surface area contributed by atoms with Crippen LogP contribution in [0.5, 0.6) is 5.75 Å². The number of nitrogens with zero attached hydrogens (tertiary/aromatic N) is 2. The van der Waals surface area contributed by atoms with Crippen LogP contribution < -0.4 is 10.1 Å². The van der Waals surface area contributed by atoms with E-state index in [1.807, 2.05) is 0 Å². The molecule has 8 nitrogen and oxygen atoms in total. The van der Waals surface area contributed by atoms with Crippen molar-refractivity contribution in [1.29, 1.82) is 0 Å². The Balaban J connectivity index is 1.80. The van der Waals surface area contributed by atoms with Gasteiger partial charge in [0, 0.05) is 38.3 Å². The van der Waals surface area contributed by atoms with E-state index in [0.717, 1.165) is 5.56 Å². The highest BCUT2D eigenvalue weighted by Gasteiger charge is 2.35. The zero-order chi connectivity index (χ0) is 18.2. The molecule has 136 valence electrons. The number of sulfonamides is 1. The van der Waals surface area contributed by atoms with Crippen molar-refractivity contribution in [3.05, 3.63) is 23.8 Å². The fourth-order valence-corrected chi connectivity index (χ4v) is 4.07. The van der Waals surface area contributed by atoms with Crippen LogP contribution >= 0.6 is 0 Å². The van der Waals surface area contributed by atoms with E-state index >= 15 is 0 Å². The molecule has 0 spiro atoms. The number of amides is 2. The van der Waals surface area contributed by atoms with Gasteiger partial charge in [-0.1, -0.05) is 0 Å². The second-order valence-corrected chi connectivity index (χ2v) is 8.23. The van der Waals surface area contributed by atoms with Crippen LogP contribution in [-0.4, -0.2) is 69.0 Å². The van der Waals surface area contributed by atoms with Crippen molar-refractivity contribution in [3.8, 4) is 5.75 Å². The Morgan fingerprint density at radius 3 is 2.52 bits per heavy atom. The number of hydrogen-bond donors (Lipinski definition) is 1. The highest BCUT2D eigenvalue weighted by Crippen LogP contribution is 2.36. The van der Waals surface area contributed by atoms with Gasteiger partial charge in [0.1, 0.15) is 5.75 Å². The first-order chi connectivity index (χ1) is 11.8. The van der Waals surface area contributed by atoms with Crippen molar-refractivity contribution in [3.63, 3.8) is 0 Å². The minimum absolute atomic E-state index is 0.0747. The van der Waals surface area contributed by atoms with Gasteiger partial charge in [0.2, 0.25) is 21.8 Å². The quantitative estimate of drug-likeness (QED) is 0.825. The number of carbonyl (C=O) groups excluding carboxylic acids is 2. The molecule has 1 fully saturated rings. The zero-order valence-corrected chi connectivity index (χ0v) is 15.0. The third-order valence-corrected chi connectivity index (χ3v) is 5.92. The minimum Gasteiger partial charge on any atom is -0.497 e. The molecule has 0 bridgehead atoms. The van der Waals surface area contributed by atoms with Crippen molar-refractivity contribution >= 4 is 27.5 Å². The van der Waals surface area contributed by atoms with Gasteiger partial charge in [-0.15, -0.1) is 0 Å². The molecule has 1 saturated heterocycles. The molecule has 2 aliphatic heterocycles. The summed E-state index contributed by atoms with van der Waals surface area (Å²) >= 11 is 0. The van der Waals surface area contributed by atoms with E-state index in [1.165, 1.54) is 10.6 Å². The van der Waals surface area contributed by atoms with Gasteiger partial charge < -0.3 is 15.0 Å². The summed E-state index contributed by atoms with van der Waals surface area (Å²) in [7, 11) is -1.71. The molecule has 3 rings (SSSR count). The molecule has 0 unspecified atom stereocenters. The zero-order valence-electron chi connectivity index (χ0n) is 14.2. The first-order valence-corrected chi connectivity index (χ1v) is 9.86. The largest absolute Gasteiger partial charge is 0.497 e. The minimum atomic E-state index is -3.25. The number of piperazine rings is 1. The number of hydrogen-bond acceptors (Lipinski definition) is 5. The Morgan fingerprint density at radius 1 is 1.24 bits per heavy atom. The summed E-state index contributed by atoms with van der Waals surface area (Å²) in [5, 5.41) is 2.77. The summed E-state index contributed by atoms with van der Waals surface area (Å²) in [4.78, 5) is 26.5. The Morgan fingerprint density at radius 2 is 1.92 bits per heavy atom. The van der Waals surface area contributed by atoms with Gasteiger partial charge in [-0.25, -0.2) is 8.42 Å². The molecule has 25 heavy (non-hydrogen) atoms. The van der Waals surface area contributed by atoms with Crippen molar-refractivity contribution in [2.24, 2.45) is 0 Å². The molecule has 1 N–H and O–H groups in total. The first-order valence-electron chi connectivity index (χ1n) is 8.01. The number of benzene rings is 1. The maximum atomic E-state index is 13.0. The fourth-order valence-electron chi connectivity index (χ4n) is 3.25. The smallest absolute Gasteiger partial charge is 0.230 e. The van der Waals surface area contributed by atoms with Crippen LogP contribution in [0.15, 0.2) is 18.2 Å². The third kappa shape index (κ3) is 3.62. The second-order valence-electron chi connectivity index (χ2n) is 6.25. The lowest BCUT2D eigenvalue weighted by molar-refractivity contribution is -0.136. The predicted octanol–water partition coefficient (Wildman–Crippen LogP) is 0.225. The summed E-state index contributed by atoms with van der Waals surface area (Å²) in [5.41, 5.74) is 1.35. The van der Waals surface area contributed by atoms with Gasteiger partial charge in [0.15, 0.2) is 0 Å². The lowest BCUT2D eigenvalue weighted by Gasteiger charge is -2.36. The summed E-state index contributed by atoms with van der Waals surface area (Å²) in [5.74, 6) is -0.318. The van der Waals surface area contributed by atoms with Gasteiger partial charge in [-0.05, 0) is 23.8 Å². The van der Waals surface area contributed by atoms with E-state index in [2.05, 4.69) is 5.32 Å². The van der Waals surface area contributed by atoms with Crippen molar-refractivity contribution in [2.75, 3.05) is 44.9 Å². The summed E-state index contributed by atoms with van der Waals surface area (Å²) < 4.78 is 29.8. The standard InChI is InChI=1S/C16H21N3O5S/c1-24-11-3-4-14-12(9-11)13(10-15(20)17-14)16(21)18-5-7-19(8-6-18)25(2,22)23/h3-4,9,13H,5-8,10H2,1-2H3,(H,17,20)/t13-/m0/s1. The lowest BCUT2D eigenvalue weighted by Crippen LogP contribution is -2.51. The van der Waals surface area contributed by atoms with Gasteiger partial charge in [-0.2, -0.15) is 4.31 Å². The topological polar surface area (TPSA) is 96.0 Å². The van der Waals surface area contributed by atoms with Crippen LogP contribution in [-0.2, 0) is 19.6 Å². The predicted molar refractivity (Wildman–Crippen MR) is 92.0 cm³/mol. The normalized spacial score (nSPS) is 21.4. The molecule has 1 atom stereocenters. The van der Waals surface area contributed by atoms with Crippen LogP contribution in [0, 0.1) is 0 Å². The van der Waals surface area contributed by atoms with E-state index in [9.17, 15) is 18.0 Å². The Bertz CT molecular complexity index is 800. The molecule has 0 radical (unpaired) electrons. The molecule has 2 aliphatic rings. The monoisotopic (exact) mass is 367 g/mol. The highest BCUT2D eigenvalue weighted by molar-refractivity contribution is 7.88. The Hall–Kier alpha value is -2.13. The molecule has 2 amide bonds. The Kier molecular flexibility index (Phi) is 4.70. The van der Waals surface area contributed by atoms with E-state index in [4.69, 9.17) is 4.74 Å². The average Bonchev–Trinajstić information content (AvgIpc) is 2.59. The molecule has 1 aromatic carbocycles. The average molecular weight is 367 g/mol. The molecule has 1 aromatic rings. The summed E-state index contributed by atoms with van der Waals surface area (Å²) in [6.45, 7) is 1.19. The van der Waals surface area contributed by atoms with Gasteiger partial charge in [0.05, 0.1) is 19.3 Å². The number of rotatable bonds is 3. The highest BCUT2D eigenvalue weighted by atomic mass is 32.2. The van der Waals surface area contributed by atoms with E-state index < -0.39 is 15.9 Å².